The number of hydrogen-bond acceptors (Lipinski definition) is 7. The van der Waals surface area contributed by atoms with Crippen molar-refractivity contribution in [3.63, 3.8) is 0 Å². The number of aryl methyl sites for hydroxylation is 1. The lowest BCUT2D eigenvalue weighted by molar-refractivity contribution is 0.173. The van der Waals surface area contributed by atoms with Gasteiger partial charge in [-0.3, -0.25) is 9.69 Å². The Hall–Kier alpha value is -3.49. The van der Waals surface area contributed by atoms with Crippen LogP contribution in [0.4, 0.5) is 5.69 Å². The summed E-state index contributed by atoms with van der Waals surface area (Å²) in [5.41, 5.74) is 3.08. The van der Waals surface area contributed by atoms with E-state index in [1.165, 1.54) is 4.68 Å². The number of aromatic nitrogens is 4. The van der Waals surface area contributed by atoms with Gasteiger partial charge in [0.2, 0.25) is 11.8 Å². The zero-order valence-corrected chi connectivity index (χ0v) is 19.8. The summed E-state index contributed by atoms with van der Waals surface area (Å²) in [6.07, 6.45) is 1.67. The van der Waals surface area contributed by atoms with Crippen LogP contribution in [0.1, 0.15) is 24.4 Å². The van der Waals surface area contributed by atoms with Crippen molar-refractivity contribution in [3.8, 4) is 17.1 Å². The number of para-hydroxylation sites is 1. The van der Waals surface area contributed by atoms with Crippen LogP contribution in [0.2, 0.25) is 5.02 Å². The first-order chi connectivity index (χ1) is 16.5. The maximum atomic E-state index is 12.8. The molecule has 1 aliphatic rings. The highest BCUT2D eigenvalue weighted by Crippen LogP contribution is 2.28. The summed E-state index contributed by atoms with van der Waals surface area (Å²) in [5.74, 6) is 1.12. The summed E-state index contributed by atoms with van der Waals surface area (Å²) in [6, 6.07) is 17.3. The molecule has 1 aliphatic heterocycles. The van der Waals surface area contributed by atoms with Gasteiger partial charge in [-0.25, -0.2) is 0 Å². The minimum atomic E-state index is -0.323. The van der Waals surface area contributed by atoms with Gasteiger partial charge in [0.1, 0.15) is 5.02 Å². The number of benzene rings is 2. The highest BCUT2D eigenvalue weighted by molar-refractivity contribution is 6.33. The molecule has 8 nitrogen and oxygen atoms in total. The minimum absolute atomic E-state index is 0.0205. The van der Waals surface area contributed by atoms with Gasteiger partial charge in [-0.05, 0) is 38.1 Å². The van der Waals surface area contributed by atoms with Crippen molar-refractivity contribution < 1.29 is 4.42 Å². The summed E-state index contributed by atoms with van der Waals surface area (Å²) < 4.78 is 7.31. The molecule has 0 amide bonds. The van der Waals surface area contributed by atoms with E-state index in [1.807, 2.05) is 61.5 Å². The van der Waals surface area contributed by atoms with Gasteiger partial charge in [0, 0.05) is 31.7 Å². The molecule has 0 bridgehead atoms. The van der Waals surface area contributed by atoms with Crippen LogP contribution < -0.4 is 10.5 Å². The molecule has 1 fully saturated rings. The standard InChI is InChI=1S/C25H25ClN6O2/c1-17-7-6-8-19(15-17)24-29-28-23(34-24)18(2)30-11-13-31(14-12-30)21-16-27-32(25(33)22(21)26)20-9-4-3-5-10-20/h3-10,15-16,18H,11-14H2,1-2H3/t18-/m1/s1. The minimum Gasteiger partial charge on any atom is -0.419 e. The normalized spacial score (nSPS) is 15.4. The van der Waals surface area contributed by atoms with Gasteiger partial charge in [0.25, 0.3) is 5.56 Å². The molecule has 2 aromatic heterocycles. The molecule has 9 heteroatoms. The number of halogens is 1. The Bertz CT molecular complexity index is 1350. The van der Waals surface area contributed by atoms with Crippen LogP contribution in [0, 0.1) is 6.92 Å². The monoisotopic (exact) mass is 476 g/mol. The van der Waals surface area contributed by atoms with Gasteiger partial charge >= 0.3 is 0 Å². The van der Waals surface area contributed by atoms with E-state index < -0.39 is 0 Å². The maximum Gasteiger partial charge on any atom is 0.292 e. The van der Waals surface area contributed by atoms with Crippen molar-refractivity contribution in [2.24, 2.45) is 0 Å². The van der Waals surface area contributed by atoms with Crippen LogP contribution in [0.25, 0.3) is 17.1 Å². The van der Waals surface area contributed by atoms with Crippen LogP contribution in [0.3, 0.4) is 0 Å². The van der Waals surface area contributed by atoms with Gasteiger partial charge in [-0.15, -0.1) is 10.2 Å². The van der Waals surface area contributed by atoms with Gasteiger partial charge in [-0.1, -0.05) is 47.5 Å². The molecule has 0 unspecified atom stereocenters. The lowest BCUT2D eigenvalue weighted by Crippen LogP contribution is -2.47. The first-order valence-corrected chi connectivity index (χ1v) is 11.6. The van der Waals surface area contributed by atoms with E-state index in [2.05, 4.69) is 32.0 Å². The summed E-state index contributed by atoms with van der Waals surface area (Å²) in [7, 11) is 0. The Morgan fingerprint density at radius 1 is 1.00 bits per heavy atom. The van der Waals surface area contributed by atoms with E-state index in [-0.39, 0.29) is 16.6 Å². The van der Waals surface area contributed by atoms with Crippen molar-refractivity contribution in [1.29, 1.82) is 0 Å². The number of hydrogen-bond donors (Lipinski definition) is 0. The fraction of sp³-hybridized carbons (Fsp3) is 0.280. The predicted molar refractivity (Wildman–Crippen MR) is 132 cm³/mol. The summed E-state index contributed by atoms with van der Waals surface area (Å²) >= 11 is 6.49. The van der Waals surface area contributed by atoms with Crippen LogP contribution in [-0.4, -0.2) is 51.1 Å². The third-order valence-electron chi connectivity index (χ3n) is 6.17. The number of rotatable bonds is 5. The molecule has 3 heterocycles. The molecule has 34 heavy (non-hydrogen) atoms. The van der Waals surface area contributed by atoms with Gasteiger partial charge in [0.15, 0.2) is 0 Å². The molecular weight excluding hydrogens is 452 g/mol. The van der Waals surface area contributed by atoms with Crippen LogP contribution >= 0.6 is 11.6 Å². The molecule has 0 saturated carbocycles. The second-order valence-corrected chi connectivity index (χ2v) is 8.79. The molecule has 4 aromatic rings. The van der Waals surface area contributed by atoms with Crippen LogP contribution in [0.15, 0.2) is 70.0 Å². The van der Waals surface area contributed by atoms with E-state index >= 15 is 0 Å². The molecule has 5 rings (SSSR count). The fourth-order valence-corrected chi connectivity index (χ4v) is 4.45. The lowest BCUT2D eigenvalue weighted by Gasteiger charge is -2.38. The maximum absolute atomic E-state index is 12.8. The van der Waals surface area contributed by atoms with Crippen molar-refractivity contribution >= 4 is 17.3 Å². The third kappa shape index (κ3) is 4.34. The summed E-state index contributed by atoms with van der Waals surface area (Å²) in [5, 5.41) is 13.1. The average Bonchev–Trinajstić information content (AvgIpc) is 3.36. The van der Waals surface area contributed by atoms with E-state index in [9.17, 15) is 4.79 Å². The Kier molecular flexibility index (Phi) is 6.17. The van der Waals surface area contributed by atoms with E-state index in [1.54, 1.807) is 6.20 Å². The Balaban J connectivity index is 1.27. The number of anilines is 1. The van der Waals surface area contributed by atoms with E-state index in [4.69, 9.17) is 16.0 Å². The molecule has 1 atom stereocenters. The summed E-state index contributed by atoms with van der Waals surface area (Å²) in [4.78, 5) is 17.2. The first kappa shape index (κ1) is 22.3. The van der Waals surface area contributed by atoms with Gasteiger partial charge in [0.05, 0.1) is 23.6 Å². The van der Waals surface area contributed by atoms with E-state index in [0.717, 1.165) is 24.2 Å². The number of nitrogens with zero attached hydrogens (tertiary/aromatic N) is 6. The average molecular weight is 477 g/mol. The lowest BCUT2D eigenvalue weighted by atomic mass is 10.1. The van der Waals surface area contributed by atoms with Crippen molar-refractivity contribution in [2.45, 2.75) is 19.9 Å². The zero-order chi connectivity index (χ0) is 23.7. The zero-order valence-electron chi connectivity index (χ0n) is 19.1. The molecule has 0 aliphatic carbocycles. The van der Waals surface area contributed by atoms with Crippen molar-refractivity contribution in [2.75, 3.05) is 31.1 Å². The Morgan fingerprint density at radius 3 is 2.50 bits per heavy atom. The molecule has 0 N–H and O–H groups in total. The number of piperazine rings is 1. The Morgan fingerprint density at radius 2 is 1.76 bits per heavy atom. The van der Waals surface area contributed by atoms with Crippen molar-refractivity contribution in [3.05, 3.63) is 87.6 Å². The second-order valence-electron chi connectivity index (χ2n) is 8.41. The first-order valence-electron chi connectivity index (χ1n) is 11.2. The molecule has 0 radical (unpaired) electrons. The summed E-state index contributed by atoms with van der Waals surface area (Å²) in [6.45, 7) is 7.05. The SMILES string of the molecule is Cc1cccc(-c2nnc([C@@H](C)N3CCN(c4cnn(-c5ccccc5)c(=O)c4Cl)CC3)o2)c1. The molecule has 1 saturated heterocycles. The van der Waals surface area contributed by atoms with E-state index in [0.29, 0.717) is 36.2 Å². The van der Waals surface area contributed by atoms with Crippen molar-refractivity contribution in [1.82, 2.24) is 24.9 Å². The van der Waals surface area contributed by atoms with Gasteiger partial charge in [-0.2, -0.15) is 9.78 Å². The quantitative estimate of drug-likeness (QED) is 0.428. The highest BCUT2D eigenvalue weighted by atomic mass is 35.5. The molecule has 174 valence electrons. The Labute approximate surface area is 202 Å². The fourth-order valence-electron chi connectivity index (χ4n) is 4.20. The largest absolute Gasteiger partial charge is 0.419 e. The smallest absolute Gasteiger partial charge is 0.292 e. The predicted octanol–water partition coefficient (Wildman–Crippen LogP) is 4.13. The van der Waals surface area contributed by atoms with Crippen LogP contribution in [0.5, 0.6) is 0 Å². The highest BCUT2D eigenvalue weighted by Gasteiger charge is 2.27. The molecular formula is C25H25ClN6O2. The van der Waals surface area contributed by atoms with Gasteiger partial charge < -0.3 is 9.32 Å². The molecule has 0 spiro atoms. The third-order valence-corrected chi connectivity index (χ3v) is 6.52. The second kappa shape index (κ2) is 9.40. The topological polar surface area (TPSA) is 80.3 Å². The van der Waals surface area contributed by atoms with Crippen LogP contribution in [-0.2, 0) is 0 Å². The molecule has 2 aromatic carbocycles.